The molecule has 0 spiro atoms. The SMILES string of the molecule is COc1ccc(NC(=O)c2cn3ccsc3n2)cc1C(C)SC. The highest BCUT2D eigenvalue weighted by Gasteiger charge is 2.15. The van der Waals surface area contributed by atoms with Gasteiger partial charge in [-0.05, 0) is 31.4 Å². The molecule has 1 atom stereocenters. The number of thioether (sulfide) groups is 1. The molecule has 0 saturated heterocycles. The van der Waals surface area contributed by atoms with Gasteiger partial charge in [-0.25, -0.2) is 4.98 Å². The Hall–Kier alpha value is -1.99. The molecule has 0 aliphatic rings. The molecule has 23 heavy (non-hydrogen) atoms. The smallest absolute Gasteiger partial charge is 0.275 e. The second-order valence-electron chi connectivity index (χ2n) is 5.01. The van der Waals surface area contributed by atoms with E-state index in [1.807, 2.05) is 40.4 Å². The fourth-order valence-corrected chi connectivity index (χ4v) is 3.43. The minimum absolute atomic E-state index is 0.214. The Kier molecular flexibility index (Phi) is 4.58. The van der Waals surface area contributed by atoms with Gasteiger partial charge in [0.2, 0.25) is 0 Å². The van der Waals surface area contributed by atoms with E-state index in [0.717, 1.165) is 22.0 Å². The summed E-state index contributed by atoms with van der Waals surface area (Å²) >= 11 is 3.23. The average molecular weight is 347 g/mol. The third kappa shape index (κ3) is 3.20. The zero-order chi connectivity index (χ0) is 16.4. The molecule has 3 rings (SSSR count). The minimum Gasteiger partial charge on any atom is -0.496 e. The number of amides is 1. The van der Waals surface area contributed by atoms with Crippen molar-refractivity contribution < 1.29 is 9.53 Å². The second kappa shape index (κ2) is 6.64. The van der Waals surface area contributed by atoms with Gasteiger partial charge < -0.3 is 10.1 Å². The Morgan fingerprint density at radius 3 is 3.00 bits per heavy atom. The Bertz CT molecular complexity index is 812. The summed E-state index contributed by atoms with van der Waals surface area (Å²) in [7, 11) is 1.65. The van der Waals surface area contributed by atoms with Gasteiger partial charge in [-0.3, -0.25) is 9.20 Å². The lowest BCUT2D eigenvalue weighted by atomic mass is 10.1. The van der Waals surface area contributed by atoms with E-state index in [1.165, 1.54) is 11.3 Å². The number of thiazole rings is 1. The van der Waals surface area contributed by atoms with Crippen LogP contribution < -0.4 is 10.1 Å². The molecule has 0 aliphatic carbocycles. The predicted molar refractivity (Wildman–Crippen MR) is 95.9 cm³/mol. The van der Waals surface area contributed by atoms with Crippen LogP contribution in [0.2, 0.25) is 0 Å². The van der Waals surface area contributed by atoms with Crippen molar-refractivity contribution in [3.8, 4) is 5.75 Å². The van der Waals surface area contributed by atoms with Crippen molar-refractivity contribution in [2.75, 3.05) is 18.7 Å². The van der Waals surface area contributed by atoms with E-state index in [0.29, 0.717) is 5.69 Å². The predicted octanol–water partition coefficient (Wildman–Crippen LogP) is 4.08. The number of ether oxygens (including phenoxy) is 1. The Morgan fingerprint density at radius 2 is 2.30 bits per heavy atom. The summed E-state index contributed by atoms with van der Waals surface area (Å²) in [6, 6.07) is 5.67. The van der Waals surface area contributed by atoms with E-state index >= 15 is 0 Å². The Morgan fingerprint density at radius 1 is 1.48 bits per heavy atom. The molecule has 2 heterocycles. The highest BCUT2D eigenvalue weighted by Crippen LogP contribution is 2.35. The molecule has 1 amide bonds. The largest absolute Gasteiger partial charge is 0.496 e. The zero-order valence-electron chi connectivity index (χ0n) is 13.1. The standard InChI is InChI=1S/C16H17N3O2S2/c1-10(22-3)12-8-11(4-5-14(12)21-2)17-15(20)13-9-19-6-7-23-16(19)18-13/h4-10H,1-3H3,(H,17,20). The van der Waals surface area contributed by atoms with Crippen LogP contribution in [0.1, 0.15) is 28.2 Å². The Labute approximate surface area is 142 Å². The number of anilines is 1. The number of benzene rings is 1. The second-order valence-corrected chi connectivity index (χ2v) is 7.06. The van der Waals surface area contributed by atoms with Gasteiger partial charge in [0.1, 0.15) is 11.4 Å². The number of aromatic nitrogens is 2. The van der Waals surface area contributed by atoms with Crippen LogP contribution in [0.25, 0.3) is 4.96 Å². The number of nitrogens with zero attached hydrogens (tertiary/aromatic N) is 2. The minimum atomic E-state index is -0.214. The normalized spacial score (nSPS) is 12.3. The van der Waals surface area contributed by atoms with Crippen molar-refractivity contribution >= 4 is 39.7 Å². The number of carbonyl (C=O) groups excluding carboxylic acids is 1. The summed E-state index contributed by atoms with van der Waals surface area (Å²) in [5, 5.41) is 5.12. The summed E-state index contributed by atoms with van der Waals surface area (Å²) in [6.07, 6.45) is 5.67. The highest BCUT2D eigenvalue weighted by atomic mass is 32.2. The van der Waals surface area contributed by atoms with E-state index in [1.54, 1.807) is 25.1 Å². The first kappa shape index (κ1) is 15.9. The molecule has 0 radical (unpaired) electrons. The van der Waals surface area contributed by atoms with Crippen LogP contribution in [0, 0.1) is 0 Å². The van der Waals surface area contributed by atoms with Gasteiger partial charge in [-0.1, -0.05) is 0 Å². The van der Waals surface area contributed by atoms with E-state index in [2.05, 4.69) is 17.2 Å². The van der Waals surface area contributed by atoms with E-state index in [-0.39, 0.29) is 11.2 Å². The molecule has 0 bridgehead atoms. The summed E-state index contributed by atoms with van der Waals surface area (Å²) in [5.41, 5.74) is 2.21. The topological polar surface area (TPSA) is 55.6 Å². The lowest BCUT2D eigenvalue weighted by molar-refractivity contribution is 0.102. The molecule has 2 aromatic heterocycles. The monoisotopic (exact) mass is 347 g/mol. The summed E-state index contributed by atoms with van der Waals surface area (Å²) in [5.74, 6) is 0.612. The lowest BCUT2D eigenvalue weighted by Crippen LogP contribution is -2.12. The molecular weight excluding hydrogens is 330 g/mol. The summed E-state index contributed by atoms with van der Waals surface area (Å²) in [6.45, 7) is 2.11. The summed E-state index contributed by atoms with van der Waals surface area (Å²) in [4.78, 5) is 17.5. The van der Waals surface area contributed by atoms with Crippen LogP contribution in [0.3, 0.4) is 0 Å². The van der Waals surface area contributed by atoms with Crippen molar-refractivity contribution in [3.05, 3.63) is 47.2 Å². The first-order chi connectivity index (χ1) is 11.1. The fourth-order valence-electron chi connectivity index (χ4n) is 2.29. The van der Waals surface area contributed by atoms with E-state index in [4.69, 9.17) is 4.74 Å². The van der Waals surface area contributed by atoms with E-state index < -0.39 is 0 Å². The molecule has 5 nitrogen and oxygen atoms in total. The molecule has 1 unspecified atom stereocenters. The molecular formula is C16H17N3O2S2. The molecule has 0 aliphatic heterocycles. The van der Waals surface area contributed by atoms with Crippen LogP contribution in [0.4, 0.5) is 5.69 Å². The maximum atomic E-state index is 12.4. The Balaban J connectivity index is 1.84. The summed E-state index contributed by atoms with van der Waals surface area (Å²) < 4.78 is 7.24. The van der Waals surface area contributed by atoms with Gasteiger partial charge in [0.25, 0.3) is 5.91 Å². The number of rotatable bonds is 5. The number of methoxy groups -OCH3 is 1. The number of hydrogen-bond donors (Lipinski definition) is 1. The van der Waals surface area contributed by atoms with Crippen molar-refractivity contribution in [2.24, 2.45) is 0 Å². The van der Waals surface area contributed by atoms with Gasteiger partial charge >= 0.3 is 0 Å². The number of fused-ring (bicyclic) bond motifs is 1. The van der Waals surface area contributed by atoms with Gasteiger partial charge in [0.15, 0.2) is 4.96 Å². The van der Waals surface area contributed by atoms with Crippen LogP contribution in [0.15, 0.2) is 36.0 Å². The maximum Gasteiger partial charge on any atom is 0.275 e. The van der Waals surface area contributed by atoms with Crippen LogP contribution in [0.5, 0.6) is 5.75 Å². The van der Waals surface area contributed by atoms with Gasteiger partial charge in [0.05, 0.1) is 7.11 Å². The quantitative estimate of drug-likeness (QED) is 0.755. The molecule has 120 valence electrons. The first-order valence-corrected chi connectivity index (χ1v) is 9.23. The molecule has 7 heteroatoms. The number of hydrogen-bond acceptors (Lipinski definition) is 5. The molecule has 3 aromatic rings. The highest BCUT2D eigenvalue weighted by molar-refractivity contribution is 7.98. The molecule has 0 fully saturated rings. The van der Waals surface area contributed by atoms with Gasteiger partial charge in [0, 0.05) is 34.3 Å². The fraction of sp³-hybridized carbons (Fsp3) is 0.250. The van der Waals surface area contributed by atoms with Crippen molar-refractivity contribution in [1.82, 2.24) is 9.38 Å². The van der Waals surface area contributed by atoms with Crippen molar-refractivity contribution in [1.29, 1.82) is 0 Å². The molecule has 0 saturated carbocycles. The van der Waals surface area contributed by atoms with Crippen LogP contribution in [-0.2, 0) is 0 Å². The lowest BCUT2D eigenvalue weighted by Gasteiger charge is -2.15. The third-order valence-corrected chi connectivity index (χ3v) is 5.34. The van der Waals surface area contributed by atoms with E-state index in [9.17, 15) is 4.79 Å². The third-order valence-electron chi connectivity index (χ3n) is 3.60. The zero-order valence-corrected chi connectivity index (χ0v) is 14.7. The first-order valence-electron chi connectivity index (χ1n) is 7.06. The van der Waals surface area contributed by atoms with Crippen LogP contribution in [-0.4, -0.2) is 28.7 Å². The number of carbonyl (C=O) groups is 1. The van der Waals surface area contributed by atoms with Crippen molar-refractivity contribution in [3.63, 3.8) is 0 Å². The molecule has 1 N–H and O–H groups in total. The van der Waals surface area contributed by atoms with Crippen molar-refractivity contribution in [2.45, 2.75) is 12.2 Å². The molecule has 1 aromatic carbocycles. The number of imidazole rings is 1. The number of nitrogens with one attached hydrogen (secondary N) is 1. The van der Waals surface area contributed by atoms with Gasteiger partial charge in [-0.2, -0.15) is 11.8 Å². The maximum absolute atomic E-state index is 12.4. The van der Waals surface area contributed by atoms with Crippen LogP contribution >= 0.6 is 23.1 Å². The average Bonchev–Trinajstić information content (AvgIpc) is 3.15. The van der Waals surface area contributed by atoms with Gasteiger partial charge in [-0.15, -0.1) is 11.3 Å².